The van der Waals surface area contributed by atoms with Crippen molar-refractivity contribution in [2.45, 2.75) is 52.1 Å². The lowest BCUT2D eigenvalue weighted by molar-refractivity contribution is -0.163. The van der Waals surface area contributed by atoms with E-state index in [1.54, 1.807) is 0 Å². The summed E-state index contributed by atoms with van der Waals surface area (Å²) in [7, 11) is 0. The molecule has 0 aromatic heterocycles. The predicted octanol–water partition coefficient (Wildman–Crippen LogP) is 1.60. The molecule has 1 unspecified atom stereocenters. The fourth-order valence-corrected chi connectivity index (χ4v) is 3.46. The van der Waals surface area contributed by atoms with Gasteiger partial charge in [0.15, 0.2) is 0 Å². The summed E-state index contributed by atoms with van der Waals surface area (Å²) in [5.74, 6) is -1.09. The molecule has 1 saturated heterocycles. The molecule has 2 aliphatic rings. The van der Waals surface area contributed by atoms with Gasteiger partial charge in [-0.25, -0.2) is 0 Å². The first-order valence-corrected chi connectivity index (χ1v) is 8.13. The summed E-state index contributed by atoms with van der Waals surface area (Å²) in [4.78, 5) is 39.7. The average molecular weight is 329 g/mol. The van der Waals surface area contributed by atoms with Gasteiger partial charge in [-0.15, -0.1) is 0 Å². The number of fused-ring (bicyclic) bond motifs is 1. The minimum absolute atomic E-state index is 0.179. The predicted molar refractivity (Wildman–Crippen MR) is 90.4 cm³/mol. The average Bonchev–Trinajstić information content (AvgIpc) is 2.70. The summed E-state index contributed by atoms with van der Waals surface area (Å²) in [6, 6.07) is 3.78. The Morgan fingerprint density at radius 2 is 1.92 bits per heavy atom. The van der Waals surface area contributed by atoms with E-state index in [9.17, 15) is 14.4 Å². The Balaban J connectivity index is 2.23. The number of likely N-dealkylation sites (tertiary alicyclic amines) is 1. The van der Waals surface area contributed by atoms with Crippen molar-refractivity contribution in [1.82, 2.24) is 10.2 Å². The summed E-state index contributed by atoms with van der Waals surface area (Å²) in [6.07, 6.45) is 0.359. The zero-order valence-electron chi connectivity index (χ0n) is 14.7. The highest BCUT2D eigenvalue weighted by Crippen LogP contribution is 2.45. The highest BCUT2D eigenvalue weighted by atomic mass is 16.2. The molecule has 2 heterocycles. The molecule has 0 aliphatic carbocycles. The van der Waals surface area contributed by atoms with Crippen molar-refractivity contribution in [3.8, 4) is 0 Å². The fraction of sp³-hybridized carbons (Fsp3) is 0.500. The maximum atomic E-state index is 13.2. The summed E-state index contributed by atoms with van der Waals surface area (Å²) in [5, 5.41) is 5.71. The van der Waals surface area contributed by atoms with Crippen molar-refractivity contribution in [2.24, 2.45) is 0 Å². The number of anilines is 1. The lowest BCUT2D eigenvalue weighted by Crippen LogP contribution is -2.67. The first-order valence-electron chi connectivity index (χ1n) is 8.13. The van der Waals surface area contributed by atoms with Gasteiger partial charge in [-0.2, -0.15) is 0 Å². The van der Waals surface area contributed by atoms with Crippen LogP contribution in [0.25, 0.3) is 0 Å². The Morgan fingerprint density at radius 1 is 1.25 bits per heavy atom. The molecular formula is C18H23N3O3. The molecule has 2 aliphatic heterocycles. The zero-order valence-corrected chi connectivity index (χ0v) is 14.7. The maximum Gasteiger partial charge on any atom is 0.265 e. The van der Waals surface area contributed by atoms with Crippen LogP contribution < -0.4 is 10.6 Å². The van der Waals surface area contributed by atoms with Gasteiger partial charge < -0.3 is 15.5 Å². The topological polar surface area (TPSA) is 78.5 Å². The molecular weight excluding hydrogens is 306 g/mol. The van der Waals surface area contributed by atoms with Crippen molar-refractivity contribution in [3.63, 3.8) is 0 Å². The number of β-lactam (4-membered cyclic amide) rings is 1. The number of hydrogen-bond donors (Lipinski definition) is 2. The molecule has 3 rings (SSSR count). The standard InChI is InChI=1S/C18H23N3O3/c1-10-8-11(2)14-12(9-10)18(15(23)19-14,21-7-6-13(21)22)16(24)20-17(3,4)5/h8-9H,6-7H2,1-5H3,(H,19,23)(H,20,24). The summed E-state index contributed by atoms with van der Waals surface area (Å²) in [6.45, 7) is 9.77. The minimum atomic E-state index is -1.62. The monoisotopic (exact) mass is 329 g/mol. The van der Waals surface area contributed by atoms with E-state index in [1.165, 1.54) is 4.90 Å². The van der Waals surface area contributed by atoms with E-state index in [1.807, 2.05) is 46.8 Å². The Labute approximate surface area is 141 Å². The highest BCUT2D eigenvalue weighted by molar-refractivity contribution is 6.22. The molecule has 3 amide bonds. The molecule has 1 aromatic carbocycles. The second kappa shape index (κ2) is 5.06. The molecule has 1 atom stereocenters. The van der Waals surface area contributed by atoms with Crippen LogP contribution in [0, 0.1) is 13.8 Å². The van der Waals surface area contributed by atoms with Gasteiger partial charge in [-0.1, -0.05) is 17.7 Å². The second-order valence-electron chi connectivity index (χ2n) is 7.67. The molecule has 6 heteroatoms. The third-order valence-electron chi connectivity index (χ3n) is 4.51. The van der Waals surface area contributed by atoms with Gasteiger partial charge >= 0.3 is 0 Å². The fourth-order valence-electron chi connectivity index (χ4n) is 3.46. The quantitative estimate of drug-likeness (QED) is 0.639. The minimum Gasteiger partial charge on any atom is -0.349 e. The second-order valence-corrected chi connectivity index (χ2v) is 7.67. The number of nitrogens with one attached hydrogen (secondary N) is 2. The van der Waals surface area contributed by atoms with Gasteiger partial charge in [0.25, 0.3) is 11.8 Å². The third-order valence-corrected chi connectivity index (χ3v) is 4.51. The molecule has 0 bridgehead atoms. The Morgan fingerprint density at radius 3 is 2.42 bits per heavy atom. The molecule has 2 N–H and O–H groups in total. The largest absolute Gasteiger partial charge is 0.349 e. The third kappa shape index (κ3) is 2.20. The number of aryl methyl sites for hydroxylation is 2. The first-order chi connectivity index (χ1) is 11.1. The molecule has 6 nitrogen and oxygen atoms in total. The van der Waals surface area contributed by atoms with Crippen LogP contribution in [0.1, 0.15) is 43.9 Å². The van der Waals surface area contributed by atoms with Crippen LogP contribution in [-0.4, -0.2) is 34.7 Å². The number of benzene rings is 1. The van der Waals surface area contributed by atoms with Crippen molar-refractivity contribution >= 4 is 23.4 Å². The molecule has 128 valence electrons. The van der Waals surface area contributed by atoms with Crippen molar-refractivity contribution < 1.29 is 14.4 Å². The van der Waals surface area contributed by atoms with Crippen molar-refractivity contribution in [3.05, 3.63) is 28.8 Å². The normalized spacial score (nSPS) is 22.8. The van der Waals surface area contributed by atoms with Gasteiger partial charge in [0, 0.05) is 24.1 Å². The summed E-state index contributed by atoms with van der Waals surface area (Å²) < 4.78 is 0. The van der Waals surface area contributed by atoms with Crippen LogP contribution in [-0.2, 0) is 19.9 Å². The van der Waals surface area contributed by atoms with Crippen LogP contribution in [0.2, 0.25) is 0 Å². The Bertz CT molecular complexity index is 764. The van der Waals surface area contributed by atoms with Crippen molar-refractivity contribution in [1.29, 1.82) is 0 Å². The lowest BCUT2D eigenvalue weighted by Gasteiger charge is -2.44. The summed E-state index contributed by atoms with van der Waals surface area (Å²) in [5.41, 5.74) is 0.906. The number of carbonyl (C=O) groups is 3. The van der Waals surface area contributed by atoms with Crippen LogP contribution in [0.5, 0.6) is 0 Å². The number of carbonyl (C=O) groups excluding carboxylic acids is 3. The molecule has 0 saturated carbocycles. The molecule has 24 heavy (non-hydrogen) atoms. The van der Waals surface area contributed by atoms with Crippen LogP contribution >= 0.6 is 0 Å². The van der Waals surface area contributed by atoms with E-state index in [4.69, 9.17) is 0 Å². The van der Waals surface area contributed by atoms with E-state index in [0.29, 0.717) is 24.2 Å². The van der Waals surface area contributed by atoms with Crippen LogP contribution in [0.15, 0.2) is 12.1 Å². The molecule has 1 fully saturated rings. The van der Waals surface area contributed by atoms with E-state index in [-0.39, 0.29) is 5.91 Å². The van der Waals surface area contributed by atoms with E-state index >= 15 is 0 Å². The summed E-state index contributed by atoms with van der Waals surface area (Å²) >= 11 is 0. The lowest BCUT2D eigenvalue weighted by atomic mass is 9.83. The van der Waals surface area contributed by atoms with Gasteiger partial charge in [-0.3, -0.25) is 14.4 Å². The first kappa shape index (κ1) is 16.5. The van der Waals surface area contributed by atoms with Crippen LogP contribution in [0.3, 0.4) is 0 Å². The smallest absolute Gasteiger partial charge is 0.265 e. The maximum absolute atomic E-state index is 13.2. The number of nitrogens with zero attached hydrogens (tertiary/aromatic N) is 1. The van der Waals surface area contributed by atoms with Gasteiger partial charge in [0.2, 0.25) is 11.4 Å². The molecule has 0 spiro atoms. The number of amides is 3. The molecule has 0 radical (unpaired) electrons. The van der Waals surface area contributed by atoms with E-state index < -0.39 is 22.9 Å². The van der Waals surface area contributed by atoms with Crippen molar-refractivity contribution in [2.75, 3.05) is 11.9 Å². The van der Waals surface area contributed by atoms with E-state index in [2.05, 4.69) is 10.6 Å². The Hall–Kier alpha value is -2.37. The van der Waals surface area contributed by atoms with E-state index in [0.717, 1.165) is 11.1 Å². The zero-order chi connectivity index (χ0) is 17.9. The van der Waals surface area contributed by atoms with Crippen LogP contribution in [0.4, 0.5) is 5.69 Å². The van der Waals surface area contributed by atoms with Gasteiger partial charge in [0.05, 0.1) is 5.69 Å². The number of hydrogen-bond acceptors (Lipinski definition) is 3. The Kier molecular flexibility index (Phi) is 3.48. The van der Waals surface area contributed by atoms with Gasteiger partial charge in [-0.05, 0) is 40.2 Å². The highest BCUT2D eigenvalue weighted by Gasteiger charge is 2.61. The molecule has 1 aromatic rings. The number of rotatable bonds is 2. The van der Waals surface area contributed by atoms with Gasteiger partial charge in [0.1, 0.15) is 0 Å². The SMILES string of the molecule is Cc1cc(C)c2c(c1)C(C(=O)NC(C)(C)C)(N1CCC1=O)C(=O)N2.